The summed E-state index contributed by atoms with van der Waals surface area (Å²) in [5, 5.41) is 3.23. The molecule has 1 atom stereocenters. The molecule has 4 nitrogen and oxygen atoms in total. The van der Waals surface area contributed by atoms with Crippen LogP contribution in [0.25, 0.3) is 0 Å². The van der Waals surface area contributed by atoms with Gasteiger partial charge in [-0.05, 0) is 26.7 Å². The normalized spacial score (nSPS) is 18.3. The zero-order valence-electron chi connectivity index (χ0n) is 10.6. The van der Waals surface area contributed by atoms with Crippen molar-refractivity contribution in [3.05, 3.63) is 0 Å². The van der Waals surface area contributed by atoms with Gasteiger partial charge in [0.05, 0.1) is 5.84 Å². The van der Waals surface area contributed by atoms with Crippen LogP contribution in [-0.4, -0.2) is 42.8 Å². The molecule has 92 valence electrons. The number of nitrogens with zero attached hydrogens (tertiary/aromatic N) is 2. The van der Waals surface area contributed by atoms with Gasteiger partial charge in [-0.3, -0.25) is 9.79 Å². The van der Waals surface area contributed by atoms with Crippen LogP contribution in [0.1, 0.15) is 39.5 Å². The van der Waals surface area contributed by atoms with E-state index in [9.17, 15) is 4.79 Å². The lowest BCUT2D eigenvalue weighted by Gasteiger charge is -2.21. The van der Waals surface area contributed by atoms with Crippen LogP contribution in [-0.2, 0) is 4.79 Å². The van der Waals surface area contributed by atoms with E-state index in [0.717, 1.165) is 25.3 Å². The number of aliphatic imine (C=N–C) groups is 1. The van der Waals surface area contributed by atoms with Crippen LogP contribution in [0.3, 0.4) is 0 Å². The summed E-state index contributed by atoms with van der Waals surface area (Å²) in [5.41, 5.74) is 0. The van der Waals surface area contributed by atoms with Gasteiger partial charge in [0.15, 0.2) is 0 Å². The second-order valence-electron chi connectivity index (χ2n) is 4.36. The molecule has 0 fully saturated rings. The maximum absolute atomic E-state index is 11.8. The van der Waals surface area contributed by atoms with E-state index in [1.165, 1.54) is 19.3 Å². The fourth-order valence-corrected chi connectivity index (χ4v) is 1.79. The smallest absolute Gasteiger partial charge is 0.244 e. The van der Waals surface area contributed by atoms with Crippen molar-refractivity contribution in [2.45, 2.75) is 45.6 Å². The highest BCUT2D eigenvalue weighted by molar-refractivity contribution is 5.89. The SMILES string of the molecule is CCN(C)C(=O)C(C)NC1=NCCCCC1. The molecule has 0 radical (unpaired) electrons. The van der Waals surface area contributed by atoms with Gasteiger partial charge in [-0.2, -0.15) is 0 Å². The van der Waals surface area contributed by atoms with Gasteiger partial charge in [0, 0.05) is 26.6 Å². The molecule has 1 unspecified atom stereocenters. The maximum atomic E-state index is 11.8. The lowest BCUT2D eigenvalue weighted by atomic mass is 10.2. The van der Waals surface area contributed by atoms with E-state index >= 15 is 0 Å². The molecule has 0 aromatic carbocycles. The number of hydrogen-bond acceptors (Lipinski definition) is 3. The van der Waals surface area contributed by atoms with Crippen molar-refractivity contribution in [3.8, 4) is 0 Å². The van der Waals surface area contributed by atoms with Crippen molar-refractivity contribution in [2.24, 2.45) is 4.99 Å². The van der Waals surface area contributed by atoms with Gasteiger partial charge in [-0.1, -0.05) is 6.42 Å². The van der Waals surface area contributed by atoms with Crippen molar-refractivity contribution in [1.82, 2.24) is 10.2 Å². The third-order valence-corrected chi connectivity index (χ3v) is 2.98. The molecule has 16 heavy (non-hydrogen) atoms. The van der Waals surface area contributed by atoms with Gasteiger partial charge in [-0.25, -0.2) is 0 Å². The number of carbonyl (C=O) groups excluding carboxylic acids is 1. The maximum Gasteiger partial charge on any atom is 0.244 e. The Bertz CT molecular complexity index is 263. The Morgan fingerprint density at radius 3 is 2.94 bits per heavy atom. The topological polar surface area (TPSA) is 44.7 Å². The highest BCUT2D eigenvalue weighted by Gasteiger charge is 2.17. The molecule has 0 saturated carbocycles. The first kappa shape index (κ1) is 13.0. The Labute approximate surface area is 98.1 Å². The summed E-state index contributed by atoms with van der Waals surface area (Å²) in [7, 11) is 1.83. The summed E-state index contributed by atoms with van der Waals surface area (Å²) in [6.07, 6.45) is 4.57. The highest BCUT2D eigenvalue weighted by Crippen LogP contribution is 2.06. The van der Waals surface area contributed by atoms with E-state index in [2.05, 4.69) is 10.3 Å². The van der Waals surface area contributed by atoms with Crippen molar-refractivity contribution < 1.29 is 4.79 Å². The fourth-order valence-electron chi connectivity index (χ4n) is 1.79. The molecule has 0 aliphatic carbocycles. The van der Waals surface area contributed by atoms with E-state index in [1.807, 2.05) is 20.9 Å². The van der Waals surface area contributed by atoms with Gasteiger partial charge in [-0.15, -0.1) is 0 Å². The van der Waals surface area contributed by atoms with Gasteiger partial charge in [0.25, 0.3) is 0 Å². The van der Waals surface area contributed by atoms with E-state index < -0.39 is 0 Å². The lowest BCUT2D eigenvalue weighted by molar-refractivity contribution is -0.131. The number of likely N-dealkylation sites (N-methyl/N-ethyl adjacent to an activating group) is 1. The molecule has 0 bridgehead atoms. The van der Waals surface area contributed by atoms with Crippen LogP contribution in [0.2, 0.25) is 0 Å². The summed E-state index contributed by atoms with van der Waals surface area (Å²) < 4.78 is 0. The van der Waals surface area contributed by atoms with Crippen molar-refractivity contribution >= 4 is 11.7 Å². The van der Waals surface area contributed by atoms with Crippen molar-refractivity contribution in [1.29, 1.82) is 0 Å². The summed E-state index contributed by atoms with van der Waals surface area (Å²) in [6, 6.07) is -0.165. The molecule has 4 heteroatoms. The molecular weight excluding hydrogens is 202 g/mol. The van der Waals surface area contributed by atoms with Gasteiger partial charge in [0.1, 0.15) is 6.04 Å². The molecule has 1 aliphatic rings. The Kier molecular flexibility index (Phi) is 5.29. The number of amidine groups is 1. The number of carbonyl (C=O) groups is 1. The minimum absolute atomic E-state index is 0.134. The molecule has 0 aromatic rings. The second-order valence-corrected chi connectivity index (χ2v) is 4.36. The van der Waals surface area contributed by atoms with Crippen LogP contribution in [0.4, 0.5) is 0 Å². The Morgan fingerprint density at radius 1 is 1.50 bits per heavy atom. The number of hydrogen-bond donors (Lipinski definition) is 1. The Morgan fingerprint density at radius 2 is 2.25 bits per heavy atom. The standard InChI is InChI=1S/C12H23N3O/c1-4-15(3)12(16)10(2)14-11-8-6-5-7-9-13-11/h10H,4-9H2,1-3H3,(H,13,14). The molecule has 1 heterocycles. The quantitative estimate of drug-likeness (QED) is 0.789. The van der Waals surface area contributed by atoms with E-state index in [-0.39, 0.29) is 11.9 Å². The average Bonchev–Trinajstić information content (AvgIpc) is 2.55. The molecule has 0 spiro atoms. The minimum atomic E-state index is -0.165. The summed E-state index contributed by atoms with van der Waals surface area (Å²) in [4.78, 5) is 18.0. The first-order valence-corrected chi connectivity index (χ1v) is 6.20. The second kappa shape index (κ2) is 6.51. The summed E-state index contributed by atoms with van der Waals surface area (Å²) >= 11 is 0. The third kappa shape index (κ3) is 3.83. The van der Waals surface area contributed by atoms with Crippen molar-refractivity contribution in [2.75, 3.05) is 20.1 Å². The van der Waals surface area contributed by atoms with E-state index in [1.54, 1.807) is 4.90 Å². The van der Waals surface area contributed by atoms with Crippen molar-refractivity contribution in [3.63, 3.8) is 0 Å². The Hall–Kier alpha value is -1.06. The molecule has 1 rings (SSSR count). The van der Waals surface area contributed by atoms with Gasteiger partial charge < -0.3 is 10.2 Å². The molecule has 0 saturated heterocycles. The Balaban J connectivity index is 2.46. The first-order chi connectivity index (χ1) is 7.65. The van der Waals surface area contributed by atoms with Crippen LogP contribution < -0.4 is 5.32 Å². The third-order valence-electron chi connectivity index (χ3n) is 2.98. The van der Waals surface area contributed by atoms with Crippen LogP contribution in [0.15, 0.2) is 4.99 Å². The average molecular weight is 225 g/mol. The molecular formula is C12H23N3O. The molecule has 1 amide bonds. The van der Waals surface area contributed by atoms with Crippen LogP contribution >= 0.6 is 0 Å². The monoisotopic (exact) mass is 225 g/mol. The minimum Gasteiger partial charge on any atom is -0.362 e. The largest absolute Gasteiger partial charge is 0.362 e. The molecule has 1 N–H and O–H groups in total. The zero-order valence-corrected chi connectivity index (χ0v) is 10.6. The number of amides is 1. The molecule has 1 aliphatic heterocycles. The predicted octanol–water partition coefficient (Wildman–Crippen LogP) is 1.42. The van der Waals surface area contributed by atoms with Gasteiger partial charge in [0.2, 0.25) is 5.91 Å². The van der Waals surface area contributed by atoms with Gasteiger partial charge >= 0.3 is 0 Å². The molecule has 0 aromatic heterocycles. The lowest BCUT2D eigenvalue weighted by Crippen LogP contribution is -2.45. The van der Waals surface area contributed by atoms with Crippen LogP contribution in [0, 0.1) is 0 Å². The van der Waals surface area contributed by atoms with E-state index in [4.69, 9.17) is 0 Å². The predicted molar refractivity (Wildman–Crippen MR) is 66.7 cm³/mol. The number of rotatable bonds is 3. The summed E-state index contributed by atoms with van der Waals surface area (Å²) in [6.45, 7) is 5.53. The summed E-state index contributed by atoms with van der Waals surface area (Å²) in [5.74, 6) is 1.14. The zero-order chi connectivity index (χ0) is 12.0. The first-order valence-electron chi connectivity index (χ1n) is 6.20. The highest BCUT2D eigenvalue weighted by atomic mass is 16.2. The van der Waals surface area contributed by atoms with E-state index in [0.29, 0.717) is 0 Å². The van der Waals surface area contributed by atoms with Crippen LogP contribution in [0.5, 0.6) is 0 Å². The fraction of sp³-hybridized carbons (Fsp3) is 0.833. The number of nitrogens with one attached hydrogen (secondary N) is 1.